The maximum absolute atomic E-state index is 15.0. The number of carbonyl (C=O) groups excluding carboxylic acids is 1. The Morgan fingerprint density at radius 2 is 1.90 bits per heavy atom. The molecule has 7 heteroatoms. The first-order valence-electron chi connectivity index (χ1n) is 9.88. The van der Waals surface area contributed by atoms with Crippen LogP contribution in [0, 0.1) is 12.7 Å². The number of aromatic nitrogens is 1. The lowest BCUT2D eigenvalue weighted by molar-refractivity contribution is 0.0988. The molecule has 1 aliphatic rings. The van der Waals surface area contributed by atoms with Crippen LogP contribution in [0.5, 0.6) is 0 Å². The first-order valence-corrected chi connectivity index (χ1v) is 14.1. The molecule has 0 saturated heterocycles. The lowest BCUT2D eigenvalue weighted by Gasteiger charge is -2.78. The molecule has 5 nitrogen and oxygen atoms in total. The molecule has 2 N–H and O–H groups in total. The van der Waals surface area contributed by atoms with Gasteiger partial charge in [0, 0.05) is 31.0 Å². The van der Waals surface area contributed by atoms with Crippen molar-refractivity contribution in [3.63, 3.8) is 0 Å². The van der Waals surface area contributed by atoms with Gasteiger partial charge in [-0.3, -0.25) is 9.78 Å². The van der Waals surface area contributed by atoms with E-state index in [1.54, 1.807) is 24.4 Å². The molecule has 2 aromatic rings. The van der Waals surface area contributed by atoms with Crippen molar-refractivity contribution in [3.05, 3.63) is 64.7 Å². The normalized spacial score (nSPS) is 26.5. The average molecular weight is 433 g/mol. The van der Waals surface area contributed by atoms with Gasteiger partial charge < -0.3 is 10.0 Å². The minimum atomic E-state index is -2.81. The predicted octanol–water partition coefficient (Wildman–Crippen LogP) is 3.74. The number of aryl methyl sites for hydroxylation is 1. The summed E-state index contributed by atoms with van der Waals surface area (Å²) >= 11 is 0. The van der Waals surface area contributed by atoms with Gasteiger partial charge >= 0.3 is 0 Å². The molecule has 0 fully saturated rings. The molecule has 2 heterocycles. The van der Waals surface area contributed by atoms with Crippen molar-refractivity contribution in [2.45, 2.75) is 25.8 Å². The highest BCUT2D eigenvalue weighted by Gasteiger charge is 2.55. The Morgan fingerprint density at radius 3 is 2.47 bits per heavy atom. The number of nitrogens with two attached hydrogens (primary N) is 1. The number of Topliss-reactive ketones (excluding diaryl/α,β-unsaturated/α-hetero) is 1. The summed E-state index contributed by atoms with van der Waals surface area (Å²) in [6.45, 7) is 3.85. The number of halogens is 1. The minimum Gasteiger partial charge on any atom is -0.369 e. The van der Waals surface area contributed by atoms with E-state index >= 15 is 4.39 Å². The molecule has 0 radical (unpaired) electrons. The number of carbonyl (C=O) groups is 1. The zero-order valence-corrected chi connectivity index (χ0v) is 19.8. The van der Waals surface area contributed by atoms with E-state index in [0.29, 0.717) is 23.0 Å². The first-order chi connectivity index (χ1) is 13.5. The third-order valence-corrected chi connectivity index (χ3v) is 10.7. The molecular weight excluding hydrogens is 399 g/mol. The summed E-state index contributed by atoms with van der Waals surface area (Å²) in [6.07, 6.45) is 10.7. The van der Waals surface area contributed by atoms with Gasteiger partial charge in [-0.25, -0.2) is 17.9 Å². The van der Waals surface area contributed by atoms with Crippen LogP contribution >= 0.6 is 8.48 Å². The van der Waals surface area contributed by atoms with Crippen molar-refractivity contribution in [3.8, 4) is 0 Å². The highest BCUT2D eigenvalue weighted by Crippen LogP contribution is 2.83. The van der Waals surface area contributed by atoms with Crippen LogP contribution in [0.2, 0.25) is 0 Å². The fraction of sp³-hybridized carbons (Fsp3) is 0.435. The van der Waals surface area contributed by atoms with E-state index in [1.165, 1.54) is 6.07 Å². The SMILES string of the molecule is Cc1ccc(C(=O)Cc2ccc(F)c([C@]3(C)CS(C)(C)(C)(C)N(C)C(N)=N3)c2)nc1. The van der Waals surface area contributed by atoms with Crippen molar-refractivity contribution in [2.75, 3.05) is 37.8 Å². The van der Waals surface area contributed by atoms with Crippen LogP contribution in [0.3, 0.4) is 0 Å². The standard InChI is InChI=1S/C23H33FN4OS/c1-16-8-11-20(26-14-16)21(29)13-17-9-10-19(24)18(12-17)23(2)15-30(4,5,6,7)28(3)22(25)27-23/h8-12,14H,13,15H2,1-7H3,(H2,25,27)/t23-/m0/s1. The van der Waals surface area contributed by atoms with Gasteiger partial charge in [0.05, 0.1) is 5.54 Å². The molecular formula is C23H33FN4OS. The number of benzene rings is 1. The number of hydrogen-bond donors (Lipinski definition) is 1. The molecule has 0 aliphatic carbocycles. The van der Waals surface area contributed by atoms with E-state index in [-0.39, 0.29) is 18.0 Å². The van der Waals surface area contributed by atoms with Crippen molar-refractivity contribution < 1.29 is 9.18 Å². The van der Waals surface area contributed by atoms with Gasteiger partial charge in [-0.1, -0.05) is 12.1 Å². The lowest BCUT2D eigenvalue weighted by atomic mass is 9.91. The molecule has 30 heavy (non-hydrogen) atoms. The molecule has 164 valence electrons. The van der Waals surface area contributed by atoms with Crippen molar-refractivity contribution in [2.24, 2.45) is 10.7 Å². The molecule has 1 aliphatic heterocycles. The minimum absolute atomic E-state index is 0.101. The Kier molecular flexibility index (Phi) is 4.68. The van der Waals surface area contributed by atoms with Crippen LogP contribution in [-0.2, 0) is 12.0 Å². The number of ketones is 1. The summed E-state index contributed by atoms with van der Waals surface area (Å²) in [5.74, 6) is 0.621. The van der Waals surface area contributed by atoms with E-state index in [2.05, 4.69) is 34.3 Å². The maximum Gasteiger partial charge on any atom is 0.199 e. The number of pyridine rings is 1. The summed E-state index contributed by atoms with van der Waals surface area (Å²) < 4.78 is 17.1. The van der Waals surface area contributed by atoms with Crippen LogP contribution in [0.1, 0.15) is 34.1 Å². The van der Waals surface area contributed by atoms with E-state index in [9.17, 15) is 4.79 Å². The third kappa shape index (κ3) is 4.08. The van der Waals surface area contributed by atoms with E-state index in [0.717, 1.165) is 11.1 Å². The third-order valence-electron chi connectivity index (χ3n) is 6.07. The molecule has 1 atom stereocenters. The number of nitrogens with zero attached hydrogens (tertiary/aromatic N) is 3. The molecule has 0 saturated carbocycles. The van der Waals surface area contributed by atoms with Crippen molar-refractivity contribution >= 4 is 20.2 Å². The second kappa shape index (κ2) is 6.30. The molecule has 0 amide bonds. The summed E-state index contributed by atoms with van der Waals surface area (Å²) in [6, 6.07) is 8.42. The molecule has 0 bridgehead atoms. The zero-order valence-electron chi connectivity index (χ0n) is 19.0. The fourth-order valence-electron chi connectivity index (χ4n) is 4.28. The predicted molar refractivity (Wildman–Crippen MR) is 126 cm³/mol. The monoisotopic (exact) mass is 432 g/mol. The highest BCUT2D eigenvalue weighted by atomic mass is 32.4. The Bertz CT molecular complexity index is 1060. The summed E-state index contributed by atoms with van der Waals surface area (Å²) in [5, 5.41) is 0. The summed E-state index contributed by atoms with van der Waals surface area (Å²) in [4.78, 5) is 21.6. The highest BCUT2D eigenvalue weighted by molar-refractivity contribution is 8.61. The van der Waals surface area contributed by atoms with Crippen LogP contribution < -0.4 is 5.73 Å². The Labute approximate surface area is 178 Å². The van der Waals surface area contributed by atoms with Crippen LogP contribution in [-0.4, -0.2) is 58.9 Å². The van der Waals surface area contributed by atoms with Gasteiger partial charge in [-0.15, -0.1) is 0 Å². The first kappa shape index (κ1) is 22.3. The molecule has 1 aromatic heterocycles. The largest absolute Gasteiger partial charge is 0.369 e. The Balaban J connectivity index is 2.01. The van der Waals surface area contributed by atoms with Crippen LogP contribution in [0.25, 0.3) is 0 Å². The summed E-state index contributed by atoms with van der Waals surface area (Å²) in [7, 11) is -0.847. The quantitative estimate of drug-likeness (QED) is 0.747. The maximum atomic E-state index is 15.0. The van der Waals surface area contributed by atoms with E-state index in [1.807, 2.05) is 27.0 Å². The number of guanidine groups is 1. The molecule has 0 spiro atoms. The Morgan fingerprint density at radius 1 is 1.23 bits per heavy atom. The second-order valence-electron chi connectivity index (χ2n) is 11.0. The number of hydrogen-bond acceptors (Lipinski definition) is 5. The number of aliphatic imine (C=N–C) groups is 1. The molecule has 0 unspecified atom stereocenters. The van der Waals surface area contributed by atoms with Gasteiger partial charge in [-0.05, 0) is 68.2 Å². The van der Waals surface area contributed by atoms with Crippen molar-refractivity contribution in [1.82, 2.24) is 9.29 Å². The van der Waals surface area contributed by atoms with Gasteiger partial charge in [0.15, 0.2) is 11.7 Å². The van der Waals surface area contributed by atoms with Gasteiger partial charge in [0.1, 0.15) is 11.5 Å². The van der Waals surface area contributed by atoms with Gasteiger partial charge in [0.25, 0.3) is 0 Å². The fourth-order valence-corrected chi connectivity index (χ4v) is 8.12. The van der Waals surface area contributed by atoms with E-state index in [4.69, 9.17) is 10.7 Å². The molecule has 1 aromatic carbocycles. The smallest absolute Gasteiger partial charge is 0.199 e. The Hall–Kier alpha value is -2.41. The second-order valence-corrected chi connectivity index (χ2v) is 20.7. The molecule has 3 rings (SSSR count). The average Bonchev–Trinajstić information content (AvgIpc) is 2.60. The zero-order chi connectivity index (χ0) is 22.6. The van der Waals surface area contributed by atoms with E-state index < -0.39 is 14.0 Å². The lowest BCUT2D eigenvalue weighted by Crippen LogP contribution is -2.61. The van der Waals surface area contributed by atoms with Gasteiger partial charge in [0.2, 0.25) is 0 Å². The summed E-state index contributed by atoms with van der Waals surface area (Å²) in [5.41, 5.74) is 8.10. The van der Waals surface area contributed by atoms with Gasteiger partial charge in [-0.2, -0.15) is 0 Å². The van der Waals surface area contributed by atoms with Crippen molar-refractivity contribution in [1.29, 1.82) is 0 Å². The topological polar surface area (TPSA) is 71.6 Å². The van der Waals surface area contributed by atoms with Crippen LogP contribution in [0.4, 0.5) is 4.39 Å². The number of rotatable bonds is 4. The van der Waals surface area contributed by atoms with Crippen LogP contribution in [0.15, 0.2) is 41.5 Å².